The Morgan fingerprint density at radius 2 is 2.25 bits per heavy atom. The molecule has 2 aromatic rings. The van der Waals surface area contributed by atoms with Crippen LogP contribution in [0.2, 0.25) is 0 Å². The second-order valence-corrected chi connectivity index (χ2v) is 5.63. The number of aromatic nitrogens is 1. The van der Waals surface area contributed by atoms with Crippen molar-refractivity contribution >= 4 is 11.9 Å². The van der Waals surface area contributed by atoms with Crippen molar-refractivity contribution in [2.45, 2.75) is 25.5 Å². The minimum atomic E-state index is -1.15. The molecule has 1 aliphatic heterocycles. The summed E-state index contributed by atoms with van der Waals surface area (Å²) in [7, 11) is 1.59. The van der Waals surface area contributed by atoms with Crippen molar-refractivity contribution in [3.05, 3.63) is 53.2 Å². The van der Waals surface area contributed by atoms with Crippen molar-refractivity contribution in [2.24, 2.45) is 0 Å². The normalized spacial score (nSPS) is 17.2. The van der Waals surface area contributed by atoms with Gasteiger partial charge in [0.15, 0.2) is 0 Å². The fourth-order valence-corrected chi connectivity index (χ4v) is 2.95. The van der Waals surface area contributed by atoms with E-state index >= 15 is 0 Å². The Bertz CT molecular complexity index is 755. The Hall–Kier alpha value is -2.67. The van der Waals surface area contributed by atoms with Crippen LogP contribution in [0.15, 0.2) is 34.9 Å². The molecule has 1 N–H and O–H groups in total. The van der Waals surface area contributed by atoms with E-state index < -0.39 is 5.97 Å². The van der Waals surface area contributed by atoms with Crippen molar-refractivity contribution in [3.8, 4) is 0 Å². The van der Waals surface area contributed by atoms with Gasteiger partial charge >= 0.3 is 5.97 Å². The lowest BCUT2D eigenvalue weighted by Gasteiger charge is -2.23. The van der Waals surface area contributed by atoms with E-state index in [1.165, 1.54) is 18.3 Å². The SMILES string of the molecule is COCc1ccc(C2CCCN2C(=O)c2ccnc(C(=O)O)c2)o1. The molecule has 126 valence electrons. The minimum Gasteiger partial charge on any atom is -0.477 e. The maximum atomic E-state index is 12.8. The maximum Gasteiger partial charge on any atom is 0.354 e. The topological polar surface area (TPSA) is 92.9 Å². The minimum absolute atomic E-state index is 0.142. The molecule has 7 nitrogen and oxygen atoms in total. The summed E-state index contributed by atoms with van der Waals surface area (Å²) >= 11 is 0. The number of hydrogen-bond acceptors (Lipinski definition) is 5. The van der Waals surface area contributed by atoms with Gasteiger partial charge in [-0.1, -0.05) is 0 Å². The summed E-state index contributed by atoms with van der Waals surface area (Å²) in [6, 6.07) is 6.39. The first-order valence-electron chi connectivity index (χ1n) is 7.68. The van der Waals surface area contributed by atoms with Gasteiger partial charge in [0.2, 0.25) is 0 Å². The molecule has 2 aromatic heterocycles. The monoisotopic (exact) mass is 330 g/mol. The van der Waals surface area contributed by atoms with Crippen LogP contribution in [-0.2, 0) is 11.3 Å². The number of amides is 1. The predicted molar refractivity (Wildman–Crippen MR) is 83.6 cm³/mol. The Morgan fingerprint density at radius 3 is 3.00 bits per heavy atom. The Morgan fingerprint density at radius 1 is 1.42 bits per heavy atom. The number of carbonyl (C=O) groups excluding carboxylic acids is 1. The van der Waals surface area contributed by atoms with Crippen LogP contribution in [0, 0.1) is 0 Å². The first kappa shape index (κ1) is 16.2. The van der Waals surface area contributed by atoms with Crippen LogP contribution in [-0.4, -0.2) is 40.5 Å². The molecule has 1 fully saturated rings. The van der Waals surface area contributed by atoms with Gasteiger partial charge in [-0.2, -0.15) is 0 Å². The average molecular weight is 330 g/mol. The van der Waals surface area contributed by atoms with Crippen LogP contribution < -0.4 is 0 Å². The third-order valence-electron chi connectivity index (χ3n) is 4.04. The van der Waals surface area contributed by atoms with Gasteiger partial charge in [0.05, 0.1) is 6.04 Å². The summed E-state index contributed by atoms with van der Waals surface area (Å²) < 4.78 is 10.8. The lowest BCUT2D eigenvalue weighted by atomic mass is 10.1. The predicted octanol–water partition coefficient (Wildman–Crippen LogP) is 2.50. The Labute approximate surface area is 138 Å². The fourth-order valence-electron chi connectivity index (χ4n) is 2.95. The third-order valence-corrected chi connectivity index (χ3v) is 4.04. The molecule has 0 aromatic carbocycles. The molecule has 0 aliphatic carbocycles. The van der Waals surface area contributed by atoms with Gasteiger partial charge in [0, 0.05) is 25.4 Å². The number of nitrogens with zero attached hydrogens (tertiary/aromatic N) is 2. The fraction of sp³-hybridized carbons (Fsp3) is 0.353. The Balaban J connectivity index is 1.83. The molecule has 3 rings (SSSR count). The summed E-state index contributed by atoms with van der Waals surface area (Å²) in [5, 5.41) is 9.03. The number of rotatable bonds is 5. The van der Waals surface area contributed by atoms with Crippen molar-refractivity contribution in [1.82, 2.24) is 9.88 Å². The van der Waals surface area contributed by atoms with Crippen LogP contribution >= 0.6 is 0 Å². The van der Waals surface area contributed by atoms with Gasteiger partial charge in [-0.25, -0.2) is 9.78 Å². The summed E-state index contributed by atoms with van der Waals surface area (Å²) in [6.07, 6.45) is 3.02. The van der Waals surface area contributed by atoms with E-state index in [-0.39, 0.29) is 17.6 Å². The number of carbonyl (C=O) groups is 2. The molecule has 1 saturated heterocycles. The molecule has 1 aliphatic rings. The lowest BCUT2D eigenvalue weighted by molar-refractivity contribution is 0.0690. The molecule has 0 bridgehead atoms. The molecule has 3 heterocycles. The number of hydrogen-bond donors (Lipinski definition) is 1. The number of carboxylic acid groups (broad SMARTS) is 1. The highest BCUT2D eigenvalue weighted by Crippen LogP contribution is 2.34. The van der Waals surface area contributed by atoms with E-state index in [9.17, 15) is 9.59 Å². The van der Waals surface area contributed by atoms with E-state index in [1.54, 1.807) is 12.0 Å². The second-order valence-electron chi connectivity index (χ2n) is 5.63. The van der Waals surface area contributed by atoms with Crippen LogP contribution in [0.5, 0.6) is 0 Å². The van der Waals surface area contributed by atoms with Gasteiger partial charge in [-0.05, 0) is 37.1 Å². The van der Waals surface area contributed by atoms with Crippen molar-refractivity contribution in [3.63, 3.8) is 0 Å². The summed E-state index contributed by atoms with van der Waals surface area (Å²) in [5.41, 5.74) is 0.176. The molecule has 1 atom stereocenters. The molecule has 0 saturated carbocycles. The van der Waals surface area contributed by atoms with Gasteiger partial charge in [-0.15, -0.1) is 0 Å². The van der Waals surface area contributed by atoms with E-state index in [0.717, 1.165) is 18.6 Å². The molecular weight excluding hydrogens is 312 g/mol. The van der Waals surface area contributed by atoms with Gasteiger partial charge in [-0.3, -0.25) is 4.79 Å². The molecule has 24 heavy (non-hydrogen) atoms. The molecular formula is C17H18N2O5. The third kappa shape index (κ3) is 3.16. The smallest absolute Gasteiger partial charge is 0.354 e. The number of pyridine rings is 1. The average Bonchev–Trinajstić information content (AvgIpc) is 3.23. The van der Waals surface area contributed by atoms with E-state index in [2.05, 4.69) is 4.98 Å². The van der Waals surface area contributed by atoms with Crippen LogP contribution in [0.3, 0.4) is 0 Å². The summed E-state index contributed by atoms with van der Waals surface area (Å²) in [5.74, 6) is 0.0641. The van der Waals surface area contributed by atoms with E-state index in [0.29, 0.717) is 24.5 Å². The largest absolute Gasteiger partial charge is 0.477 e. The van der Waals surface area contributed by atoms with Crippen LogP contribution in [0.1, 0.15) is 51.3 Å². The molecule has 1 unspecified atom stereocenters. The van der Waals surface area contributed by atoms with Gasteiger partial charge in [0.25, 0.3) is 5.91 Å². The number of methoxy groups -OCH3 is 1. The van der Waals surface area contributed by atoms with Crippen LogP contribution in [0.4, 0.5) is 0 Å². The highest BCUT2D eigenvalue weighted by Gasteiger charge is 2.33. The zero-order chi connectivity index (χ0) is 17.1. The van der Waals surface area contributed by atoms with Gasteiger partial charge in [0.1, 0.15) is 23.8 Å². The van der Waals surface area contributed by atoms with Crippen molar-refractivity contribution in [2.75, 3.05) is 13.7 Å². The number of aromatic carboxylic acids is 1. The highest BCUT2D eigenvalue weighted by atomic mass is 16.5. The van der Waals surface area contributed by atoms with Crippen LogP contribution in [0.25, 0.3) is 0 Å². The number of likely N-dealkylation sites (tertiary alicyclic amines) is 1. The second kappa shape index (κ2) is 6.84. The van der Waals surface area contributed by atoms with Crippen molar-refractivity contribution in [1.29, 1.82) is 0 Å². The standard InChI is InChI=1S/C17H18N2O5/c1-23-10-12-4-5-15(24-12)14-3-2-8-19(14)16(20)11-6-7-18-13(9-11)17(21)22/h4-7,9,14H,2-3,8,10H2,1H3,(H,21,22). The molecule has 0 radical (unpaired) electrons. The molecule has 1 amide bonds. The summed E-state index contributed by atoms with van der Waals surface area (Å²) in [6.45, 7) is 0.988. The van der Waals surface area contributed by atoms with Crippen molar-refractivity contribution < 1.29 is 23.8 Å². The highest BCUT2D eigenvalue weighted by molar-refractivity contribution is 5.97. The quantitative estimate of drug-likeness (QED) is 0.905. The zero-order valence-electron chi connectivity index (χ0n) is 13.3. The molecule has 7 heteroatoms. The first-order chi connectivity index (χ1) is 11.6. The lowest BCUT2D eigenvalue weighted by Crippen LogP contribution is -2.30. The zero-order valence-corrected chi connectivity index (χ0v) is 13.3. The number of ether oxygens (including phenoxy) is 1. The number of carboxylic acids is 1. The summed E-state index contributed by atoms with van der Waals surface area (Å²) in [4.78, 5) is 29.3. The Kier molecular flexibility index (Phi) is 4.61. The van der Waals surface area contributed by atoms with E-state index in [1.807, 2.05) is 12.1 Å². The van der Waals surface area contributed by atoms with Gasteiger partial charge < -0.3 is 19.2 Å². The first-order valence-corrected chi connectivity index (χ1v) is 7.68. The van der Waals surface area contributed by atoms with E-state index in [4.69, 9.17) is 14.3 Å². The maximum absolute atomic E-state index is 12.8. The molecule has 0 spiro atoms. The number of furan rings is 1.